The van der Waals surface area contributed by atoms with Gasteiger partial charge in [-0.2, -0.15) is 0 Å². The molecular formula is C21H17NO2. The Kier molecular flexibility index (Phi) is 4.52. The lowest BCUT2D eigenvalue weighted by Gasteiger charge is -2.27. The lowest BCUT2D eigenvalue weighted by atomic mass is 10.1. The third-order valence-electron chi connectivity index (χ3n) is 3.90. The fraction of sp³-hybridized carbons (Fsp3) is 0.0476. The number of carbonyl (C=O) groups is 2. The van der Waals surface area contributed by atoms with Gasteiger partial charge in [0.1, 0.15) is 12.6 Å². The predicted octanol–water partition coefficient (Wildman–Crippen LogP) is 5.09. The van der Waals surface area contributed by atoms with Crippen LogP contribution in [0.2, 0.25) is 0 Å². The number of aldehydes is 2. The van der Waals surface area contributed by atoms with Crippen LogP contribution in [0.15, 0.2) is 72.8 Å². The van der Waals surface area contributed by atoms with E-state index in [0.717, 1.165) is 35.2 Å². The summed E-state index contributed by atoms with van der Waals surface area (Å²) in [5.41, 5.74) is 5.25. The molecule has 0 atom stereocenters. The maximum absolute atomic E-state index is 11.0. The number of hydrogen-bond donors (Lipinski definition) is 0. The van der Waals surface area contributed by atoms with Gasteiger partial charge in [-0.15, -0.1) is 0 Å². The Morgan fingerprint density at radius 3 is 1.88 bits per heavy atom. The first-order valence-electron chi connectivity index (χ1n) is 7.69. The Balaban J connectivity index is 2.15. The summed E-state index contributed by atoms with van der Waals surface area (Å²) < 4.78 is 0. The molecule has 0 aliphatic rings. The van der Waals surface area contributed by atoms with E-state index >= 15 is 0 Å². The SMILES string of the molecule is Cc1cc(C=O)ccc1N(c1ccccc1)c1ccc(C=O)cc1. The molecule has 0 radical (unpaired) electrons. The van der Waals surface area contributed by atoms with Crippen LogP contribution in [0, 0.1) is 6.92 Å². The van der Waals surface area contributed by atoms with Crippen LogP contribution >= 0.6 is 0 Å². The zero-order valence-corrected chi connectivity index (χ0v) is 13.3. The van der Waals surface area contributed by atoms with Crippen molar-refractivity contribution in [2.24, 2.45) is 0 Å². The van der Waals surface area contributed by atoms with Crippen molar-refractivity contribution in [3.8, 4) is 0 Å². The van der Waals surface area contributed by atoms with Crippen molar-refractivity contribution in [3.05, 3.63) is 89.5 Å². The maximum Gasteiger partial charge on any atom is 0.150 e. The number of anilines is 3. The molecule has 0 aliphatic carbocycles. The number of nitrogens with zero attached hydrogens (tertiary/aromatic N) is 1. The highest BCUT2D eigenvalue weighted by molar-refractivity contribution is 5.83. The Hall–Kier alpha value is -3.20. The molecule has 0 aliphatic heterocycles. The van der Waals surface area contributed by atoms with Gasteiger partial charge in [-0.3, -0.25) is 9.59 Å². The van der Waals surface area contributed by atoms with Gasteiger partial charge in [-0.05, 0) is 67.1 Å². The van der Waals surface area contributed by atoms with Crippen molar-refractivity contribution in [1.82, 2.24) is 0 Å². The summed E-state index contributed by atoms with van der Waals surface area (Å²) in [5, 5.41) is 0. The normalized spacial score (nSPS) is 10.2. The summed E-state index contributed by atoms with van der Waals surface area (Å²) in [5.74, 6) is 0. The second kappa shape index (κ2) is 6.92. The molecule has 0 unspecified atom stereocenters. The molecule has 0 aromatic heterocycles. The van der Waals surface area contributed by atoms with Gasteiger partial charge in [-0.25, -0.2) is 0 Å². The number of aryl methyl sites for hydroxylation is 1. The van der Waals surface area contributed by atoms with Crippen molar-refractivity contribution in [1.29, 1.82) is 0 Å². The number of benzene rings is 3. The second-order valence-electron chi connectivity index (χ2n) is 5.54. The minimum absolute atomic E-state index is 0.639. The number of carbonyl (C=O) groups excluding carboxylic acids is 2. The van der Waals surface area contributed by atoms with Gasteiger partial charge in [0, 0.05) is 28.2 Å². The van der Waals surface area contributed by atoms with E-state index in [4.69, 9.17) is 0 Å². The number of hydrogen-bond acceptors (Lipinski definition) is 3. The summed E-state index contributed by atoms with van der Waals surface area (Å²) in [4.78, 5) is 24.0. The zero-order chi connectivity index (χ0) is 16.9. The summed E-state index contributed by atoms with van der Waals surface area (Å²) in [7, 11) is 0. The zero-order valence-electron chi connectivity index (χ0n) is 13.3. The van der Waals surface area contributed by atoms with E-state index in [-0.39, 0.29) is 0 Å². The van der Waals surface area contributed by atoms with Crippen molar-refractivity contribution in [3.63, 3.8) is 0 Å². The van der Waals surface area contributed by atoms with Crippen LogP contribution in [-0.4, -0.2) is 12.6 Å². The topological polar surface area (TPSA) is 37.4 Å². The monoisotopic (exact) mass is 315 g/mol. The van der Waals surface area contributed by atoms with Crippen LogP contribution in [0.3, 0.4) is 0 Å². The fourth-order valence-electron chi connectivity index (χ4n) is 2.71. The van der Waals surface area contributed by atoms with Crippen LogP contribution in [0.25, 0.3) is 0 Å². The summed E-state index contributed by atoms with van der Waals surface area (Å²) in [6, 6.07) is 23.1. The predicted molar refractivity (Wildman–Crippen MR) is 96.6 cm³/mol. The molecule has 0 amide bonds. The number of para-hydroxylation sites is 1. The van der Waals surface area contributed by atoms with Crippen LogP contribution in [0.4, 0.5) is 17.1 Å². The van der Waals surface area contributed by atoms with E-state index in [0.29, 0.717) is 11.1 Å². The average molecular weight is 315 g/mol. The lowest BCUT2D eigenvalue weighted by molar-refractivity contribution is 0.111. The van der Waals surface area contributed by atoms with Gasteiger partial charge in [0.2, 0.25) is 0 Å². The van der Waals surface area contributed by atoms with Crippen molar-refractivity contribution in [2.45, 2.75) is 6.92 Å². The van der Waals surface area contributed by atoms with E-state index in [2.05, 4.69) is 4.90 Å². The van der Waals surface area contributed by atoms with Gasteiger partial charge in [0.15, 0.2) is 0 Å². The van der Waals surface area contributed by atoms with Crippen molar-refractivity contribution >= 4 is 29.6 Å². The van der Waals surface area contributed by atoms with Gasteiger partial charge in [-0.1, -0.05) is 18.2 Å². The molecule has 3 aromatic carbocycles. The molecule has 0 fully saturated rings. The van der Waals surface area contributed by atoms with Crippen LogP contribution in [0.1, 0.15) is 26.3 Å². The lowest BCUT2D eigenvalue weighted by Crippen LogP contribution is -2.11. The van der Waals surface area contributed by atoms with Crippen molar-refractivity contribution < 1.29 is 9.59 Å². The quantitative estimate of drug-likeness (QED) is 0.615. The molecule has 3 heteroatoms. The van der Waals surface area contributed by atoms with Gasteiger partial charge in [0.25, 0.3) is 0 Å². The molecule has 24 heavy (non-hydrogen) atoms. The Labute approximate surface area is 141 Å². The largest absolute Gasteiger partial charge is 0.310 e. The minimum atomic E-state index is 0.639. The molecule has 3 rings (SSSR count). The standard InChI is InChI=1S/C21H17NO2/c1-16-13-18(15-24)9-12-21(16)22(19-5-3-2-4-6-19)20-10-7-17(14-23)8-11-20/h2-15H,1H3. The van der Waals surface area contributed by atoms with Gasteiger partial charge < -0.3 is 4.90 Å². The third-order valence-corrected chi connectivity index (χ3v) is 3.90. The molecule has 118 valence electrons. The Morgan fingerprint density at radius 2 is 1.29 bits per heavy atom. The minimum Gasteiger partial charge on any atom is -0.310 e. The molecule has 3 aromatic rings. The molecule has 0 heterocycles. The maximum atomic E-state index is 11.0. The molecule has 0 bridgehead atoms. The first kappa shape index (κ1) is 15.7. The third kappa shape index (κ3) is 3.10. The molecule has 0 saturated carbocycles. The van der Waals surface area contributed by atoms with Crippen molar-refractivity contribution in [2.75, 3.05) is 4.90 Å². The molecule has 0 N–H and O–H groups in total. The highest BCUT2D eigenvalue weighted by Crippen LogP contribution is 2.36. The first-order valence-corrected chi connectivity index (χ1v) is 7.69. The summed E-state index contributed by atoms with van der Waals surface area (Å²) in [6.45, 7) is 1.98. The summed E-state index contributed by atoms with van der Waals surface area (Å²) in [6.07, 6.45) is 1.68. The van der Waals surface area contributed by atoms with E-state index < -0.39 is 0 Å². The fourth-order valence-corrected chi connectivity index (χ4v) is 2.71. The smallest absolute Gasteiger partial charge is 0.150 e. The highest BCUT2D eigenvalue weighted by Gasteiger charge is 2.14. The Bertz CT molecular complexity index is 855. The summed E-state index contributed by atoms with van der Waals surface area (Å²) >= 11 is 0. The molecule has 0 spiro atoms. The van der Waals surface area contributed by atoms with Crippen LogP contribution in [-0.2, 0) is 0 Å². The molecule has 0 saturated heterocycles. The second-order valence-corrected chi connectivity index (χ2v) is 5.54. The van der Waals surface area contributed by atoms with E-state index in [1.807, 2.05) is 67.6 Å². The van der Waals surface area contributed by atoms with Gasteiger partial charge in [0.05, 0.1) is 0 Å². The molecule has 3 nitrogen and oxygen atoms in total. The average Bonchev–Trinajstić information content (AvgIpc) is 2.64. The van der Waals surface area contributed by atoms with Gasteiger partial charge >= 0.3 is 0 Å². The highest BCUT2D eigenvalue weighted by atomic mass is 16.1. The van der Waals surface area contributed by atoms with E-state index in [9.17, 15) is 9.59 Å². The van der Waals surface area contributed by atoms with E-state index in [1.165, 1.54) is 0 Å². The molecular weight excluding hydrogens is 298 g/mol. The Morgan fingerprint density at radius 1 is 0.708 bits per heavy atom. The first-order chi connectivity index (χ1) is 11.7. The van der Waals surface area contributed by atoms with Crippen LogP contribution < -0.4 is 4.90 Å². The van der Waals surface area contributed by atoms with Crippen LogP contribution in [0.5, 0.6) is 0 Å². The number of rotatable bonds is 5. The van der Waals surface area contributed by atoms with E-state index in [1.54, 1.807) is 12.1 Å².